The zero-order chi connectivity index (χ0) is 11.4. The van der Waals surface area contributed by atoms with Crippen molar-refractivity contribution in [2.24, 2.45) is 0 Å². The molecule has 0 saturated heterocycles. The van der Waals surface area contributed by atoms with E-state index < -0.39 is 0 Å². The second-order valence-corrected chi connectivity index (χ2v) is 4.65. The molecule has 4 rings (SSSR count). The summed E-state index contributed by atoms with van der Waals surface area (Å²) in [6.45, 7) is 2.18. The molecule has 0 aliphatic heterocycles. The van der Waals surface area contributed by atoms with Crippen molar-refractivity contribution < 1.29 is 0 Å². The number of hydrogen-bond acceptors (Lipinski definition) is 0. The van der Waals surface area contributed by atoms with Crippen molar-refractivity contribution in [3.8, 4) is 0 Å². The Morgan fingerprint density at radius 3 is 2.65 bits per heavy atom. The summed E-state index contributed by atoms with van der Waals surface area (Å²) >= 11 is 0. The first-order chi connectivity index (χ1) is 8.34. The Balaban J connectivity index is 2.48. The van der Waals surface area contributed by atoms with Gasteiger partial charge in [0.15, 0.2) is 0 Å². The van der Waals surface area contributed by atoms with E-state index >= 15 is 0 Å². The lowest BCUT2D eigenvalue weighted by Crippen LogP contribution is -1.85. The van der Waals surface area contributed by atoms with Gasteiger partial charge in [0, 0.05) is 0 Å². The van der Waals surface area contributed by atoms with Crippen LogP contribution in [0.4, 0.5) is 0 Å². The van der Waals surface area contributed by atoms with Crippen LogP contribution in [0.5, 0.6) is 0 Å². The Hall–Kier alpha value is -2.08. The standard InChI is InChI=1S/C17H11/c1-11-5-6-14-8-7-12-3-2-4-13-9-10-15(11)17(14)16(12)13/h2-6,8-10H,1H3. The van der Waals surface area contributed by atoms with Crippen molar-refractivity contribution in [3.05, 3.63) is 60.2 Å². The van der Waals surface area contributed by atoms with E-state index in [9.17, 15) is 0 Å². The van der Waals surface area contributed by atoms with Crippen LogP contribution in [0, 0.1) is 13.0 Å². The van der Waals surface area contributed by atoms with E-state index in [1.165, 1.54) is 37.9 Å². The van der Waals surface area contributed by atoms with Gasteiger partial charge in [-0.25, -0.2) is 0 Å². The fraction of sp³-hybridized carbons (Fsp3) is 0.0588. The van der Waals surface area contributed by atoms with Gasteiger partial charge in [-0.05, 0) is 56.9 Å². The first-order valence-electron chi connectivity index (χ1n) is 5.89. The Morgan fingerprint density at radius 1 is 0.824 bits per heavy atom. The molecular formula is C17H11. The molecule has 0 N–H and O–H groups in total. The van der Waals surface area contributed by atoms with Crippen molar-refractivity contribution >= 4 is 32.3 Å². The van der Waals surface area contributed by atoms with E-state index in [1.54, 1.807) is 0 Å². The van der Waals surface area contributed by atoms with Crippen molar-refractivity contribution in [2.75, 3.05) is 0 Å². The normalized spacial score (nSPS) is 11.8. The van der Waals surface area contributed by atoms with Crippen molar-refractivity contribution in [2.45, 2.75) is 6.92 Å². The average Bonchev–Trinajstić information content (AvgIpc) is 2.38. The van der Waals surface area contributed by atoms with Gasteiger partial charge in [0.05, 0.1) is 0 Å². The highest BCUT2D eigenvalue weighted by molar-refractivity contribution is 6.23. The van der Waals surface area contributed by atoms with E-state index in [-0.39, 0.29) is 0 Å². The molecule has 0 amide bonds. The molecule has 0 unspecified atom stereocenters. The monoisotopic (exact) mass is 215 g/mol. The van der Waals surface area contributed by atoms with Crippen molar-refractivity contribution in [3.63, 3.8) is 0 Å². The van der Waals surface area contributed by atoms with Gasteiger partial charge in [-0.2, -0.15) is 0 Å². The van der Waals surface area contributed by atoms with Gasteiger partial charge in [-0.15, -0.1) is 0 Å². The molecule has 79 valence electrons. The van der Waals surface area contributed by atoms with Crippen LogP contribution in [-0.2, 0) is 0 Å². The Bertz CT molecular complexity index is 824. The molecule has 0 spiro atoms. The Kier molecular flexibility index (Phi) is 1.58. The van der Waals surface area contributed by atoms with Crippen LogP contribution in [-0.4, -0.2) is 0 Å². The van der Waals surface area contributed by atoms with E-state index in [0.717, 1.165) is 0 Å². The molecule has 0 aromatic heterocycles. The molecular weight excluding hydrogens is 204 g/mol. The van der Waals surface area contributed by atoms with Crippen molar-refractivity contribution in [1.82, 2.24) is 0 Å². The third-order valence-electron chi connectivity index (χ3n) is 3.66. The molecule has 4 aromatic rings. The molecule has 0 fully saturated rings. The highest BCUT2D eigenvalue weighted by Crippen LogP contribution is 2.35. The van der Waals surface area contributed by atoms with E-state index in [4.69, 9.17) is 0 Å². The summed E-state index contributed by atoms with van der Waals surface area (Å²) < 4.78 is 0. The Labute approximate surface area is 99.8 Å². The first-order valence-corrected chi connectivity index (χ1v) is 5.89. The summed E-state index contributed by atoms with van der Waals surface area (Å²) in [6, 6.07) is 20.7. The van der Waals surface area contributed by atoms with Crippen LogP contribution < -0.4 is 0 Å². The van der Waals surface area contributed by atoms with Gasteiger partial charge in [-0.3, -0.25) is 0 Å². The minimum absolute atomic E-state index is 1.21. The first kappa shape index (κ1) is 9.00. The largest absolute Gasteiger partial charge is 0.0610 e. The second-order valence-electron chi connectivity index (χ2n) is 4.65. The predicted octanol–water partition coefficient (Wildman–Crippen LogP) is 4.69. The lowest BCUT2D eigenvalue weighted by atomic mass is 9.92. The molecule has 1 radical (unpaired) electrons. The number of hydrogen-bond donors (Lipinski definition) is 0. The molecule has 0 heterocycles. The number of aryl methyl sites for hydroxylation is 1. The van der Waals surface area contributed by atoms with Crippen LogP contribution in [0.15, 0.2) is 48.5 Å². The fourth-order valence-electron chi connectivity index (χ4n) is 2.79. The molecule has 0 saturated carbocycles. The van der Waals surface area contributed by atoms with Crippen LogP contribution in [0.3, 0.4) is 0 Å². The predicted molar refractivity (Wildman–Crippen MR) is 73.7 cm³/mol. The van der Waals surface area contributed by atoms with E-state index in [2.05, 4.69) is 61.5 Å². The van der Waals surface area contributed by atoms with Gasteiger partial charge in [0.1, 0.15) is 0 Å². The maximum absolute atomic E-state index is 3.38. The number of benzene rings is 4. The van der Waals surface area contributed by atoms with Crippen LogP contribution in [0.1, 0.15) is 5.56 Å². The second kappa shape index (κ2) is 2.98. The summed E-state index contributed by atoms with van der Waals surface area (Å²) in [6.07, 6.45) is 0. The molecule has 4 aromatic carbocycles. The summed E-state index contributed by atoms with van der Waals surface area (Å²) in [5.41, 5.74) is 1.34. The highest BCUT2D eigenvalue weighted by atomic mass is 14.1. The maximum Gasteiger partial charge on any atom is -0.00205 e. The van der Waals surface area contributed by atoms with Gasteiger partial charge in [0.25, 0.3) is 0 Å². The van der Waals surface area contributed by atoms with Crippen LogP contribution in [0.25, 0.3) is 32.3 Å². The minimum Gasteiger partial charge on any atom is -0.0610 e. The maximum atomic E-state index is 3.38. The third kappa shape index (κ3) is 1.07. The zero-order valence-corrected chi connectivity index (χ0v) is 9.62. The molecule has 0 nitrogen and oxygen atoms in total. The van der Waals surface area contributed by atoms with Gasteiger partial charge in [0.2, 0.25) is 0 Å². The zero-order valence-electron chi connectivity index (χ0n) is 9.62. The lowest BCUT2D eigenvalue weighted by Gasteiger charge is -2.11. The molecule has 0 aliphatic carbocycles. The SMILES string of the molecule is Cc1ccc2c[c]c3cccc4ccc1c2c34. The fourth-order valence-corrected chi connectivity index (χ4v) is 2.79. The van der Waals surface area contributed by atoms with Crippen LogP contribution in [0.2, 0.25) is 0 Å². The number of rotatable bonds is 0. The van der Waals surface area contributed by atoms with Crippen LogP contribution >= 0.6 is 0 Å². The quantitative estimate of drug-likeness (QED) is 0.373. The van der Waals surface area contributed by atoms with Gasteiger partial charge < -0.3 is 0 Å². The molecule has 17 heavy (non-hydrogen) atoms. The molecule has 0 aliphatic rings. The lowest BCUT2D eigenvalue weighted by molar-refractivity contribution is 1.55. The Morgan fingerprint density at radius 2 is 1.71 bits per heavy atom. The van der Waals surface area contributed by atoms with Crippen molar-refractivity contribution in [1.29, 1.82) is 0 Å². The summed E-state index contributed by atoms with van der Waals surface area (Å²) in [5.74, 6) is 0. The molecule has 0 heteroatoms. The highest BCUT2D eigenvalue weighted by Gasteiger charge is 2.08. The smallest absolute Gasteiger partial charge is 0.00205 e. The minimum atomic E-state index is 1.21. The molecule has 0 atom stereocenters. The van der Waals surface area contributed by atoms with E-state index in [1.807, 2.05) is 0 Å². The molecule has 0 bridgehead atoms. The average molecular weight is 215 g/mol. The summed E-state index contributed by atoms with van der Waals surface area (Å²) in [7, 11) is 0. The topological polar surface area (TPSA) is 0 Å². The van der Waals surface area contributed by atoms with Gasteiger partial charge in [-0.1, -0.05) is 42.5 Å². The van der Waals surface area contributed by atoms with Gasteiger partial charge >= 0.3 is 0 Å². The van der Waals surface area contributed by atoms with E-state index in [0.29, 0.717) is 0 Å². The summed E-state index contributed by atoms with van der Waals surface area (Å²) in [5, 5.41) is 7.91. The third-order valence-corrected chi connectivity index (χ3v) is 3.66. The summed E-state index contributed by atoms with van der Waals surface area (Å²) in [4.78, 5) is 0.